The van der Waals surface area contributed by atoms with E-state index in [2.05, 4.69) is 27.1 Å². The molecule has 0 fully saturated rings. The number of Topliss-reactive ketones (excluding diaryl/α,β-unsaturated/α-hetero) is 1. The van der Waals surface area contributed by atoms with Crippen molar-refractivity contribution in [1.29, 1.82) is 0 Å². The molecule has 0 radical (unpaired) electrons. The van der Waals surface area contributed by atoms with E-state index in [1.165, 1.54) is 25.7 Å². The Morgan fingerprint density at radius 2 is 1.53 bits per heavy atom. The first-order valence-corrected chi connectivity index (χ1v) is 15.1. The monoisotopic (exact) mass is 582 g/mol. The van der Waals surface area contributed by atoms with Gasteiger partial charge in [0.2, 0.25) is 0 Å². The van der Waals surface area contributed by atoms with Crippen molar-refractivity contribution in [2.24, 2.45) is 5.92 Å². The standard InChI is InChI=1S/C35H42N4O4/c1-5-6-7-8-9-18-43-29-16-14-25(15-17-29)28-22-36-33(37-23-28)26-12-10-24(11-13-26)19-27(34(41)42)20-31(40)30-21-32(39-38-30)35(2,3)4/h10-17,21-23,27H,5-9,18-20H2,1-4H3,(H,38,39)(H,41,42)/t27-/m1/s1. The van der Waals surface area contributed by atoms with E-state index in [1.54, 1.807) is 18.5 Å². The summed E-state index contributed by atoms with van der Waals surface area (Å²) in [6, 6.07) is 17.2. The van der Waals surface area contributed by atoms with E-state index in [4.69, 9.17) is 4.74 Å². The second-order valence-electron chi connectivity index (χ2n) is 12.1. The van der Waals surface area contributed by atoms with E-state index in [9.17, 15) is 14.7 Å². The first kappa shape index (κ1) is 31.6. The van der Waals surface area contributed by atoms with Crippen LogP contribution in [0.25, 0.3) is 22.5 Å². The van der Waals surface area contributed by atoms with Gasteiger partial charge in [-0.05, 0) is 42.2 Å². The van der Waals surface area contributed by atoms with Gasteiger partial charge >= 0.3 is 5.97 Å². The van der Waals surface area contributed by atoms with Crippen LogP contribution in [0.1, 0.15) is 88.0 Å². The number of nitrogens with zero attached hydrogens (tertiary/aromatic N) is 3. The third-order valence-corrected chi connectivity index (χ3v) is 7.50. The SMILES string of the molecule is CCCCCCCOc1ccc(-c2cnc(-c3ccc(C[C@H](CC(=O)c4cc(C(C)(C)C)[nH]n4)C(=O)O)cc3)nc2)cc1. The third kappa shape index (κ3) is 9.08. The number of aromatic amines is 1. The summed E-state index contributed by atoms with van der Waals surface area (Å²) >= 11 is 0. The molecule has 226 valence electrons. The molecule has 1 atom stereocenters. The molecule has 0 unspecified atom stereocenters. The van der Waals surface area contributed by atoms with Crippen molar-refractivity contribution in [3.63, 3.8) is 0 Å². The lowest BCUT2D eigenvalue weighted by atomic mass is 9.90. The minimum Gasteiger partial charge on any atom is -0.494 e. The van der Waals surface area contributed by atoms with E-state index in [1.807, 2.05) is 69.3 Å². The number of aromatic nitrogens is 4. The highest BCUT2D eigenvalue weighted by atomic mass is 16.5. The van der Waals surface area contributed by atoms with Crippen LogP contribution in [0.3, 0.4) is 0 Å². The summed E-state index contributed by atoms with van der Waals surface area (Å²) in [7, 11) is 0. The van der Waals surface area contributed by atoms with Crippen LogP contribution in [0.5, 0.6) is 5.75 Å². The number of hydrogen-bond donors (Lipinski definition) is 2. The molecule has 2 aromatic carbocycles. The number of rotatable bonds is 15. The van der Waals surface area contributed by atoms with Gasteiger partial charge in [0.15, 0.2) is 11.6 Å². The number of carboxylic acids is 1. The zero-order valence-electron chi connectivity index (χ0n) is 25.6. The number of nitrogens with one attached hydrogen (secondary N) is 1. The van der Waals surface area contributed by atoms with E-state index >= 15 is 0 Å². The van der Waals surface area contributed by atoms with Crippen molar-refractivity contribution in [3.05, 3.63) is 83.9 Å². The molecule has 2 aromatic heterocycles. The molecule has 0 bridgehead atoms. The van der Waals surface area contributed by atoms with Gasteiger partial charge in [0.1, 0.15) is 11.4 Å². The summed E-state index contributed by atoms with van der Waals surface area (Å²) in [5.41, 5.74) is 4.48. The zero-order valence-corrected chi connectivity index (χ0v) is 25.6. The van der Waals surface area contributed by atoms with Gasteiger partial charge in [-0.25, -0.2) is 9.97 Å². The van der Waals surface area contributed by atoms with Crippen molar-refractivity contribution in [1.82, 2.24) is 20.2 Å². The fourth-order valence-electron chi connectivity index (χ4n) is 4.76. The Kier molecular flexibility index (Phi) is 10.8. The van der Waals surface area contributed by atoms with Gasteiger partial charge in [0, 0.05) is 41.1 Å². The number of carbonyl (C=O) groups excluding carboxylic acids is 1. The van der Waals surface area contributed by atoms with E-state index in [0.717, 1.165) is 46.7 Å². The van der Waals surface area contributed by atoms with Gasteiger partial charge in [-0.3, -0.25) is 14.7 Å². The molecule has 0 amide bonds. The van der Waals surface area contributed by atoms with Crippen LogP contribution in [0.15, 0.2) is 67.0 Å². The normalized spacial score (nSPS) is 12.2. The van der Waals surface area contributed by atoms with Crippen molar-refractivity contribution >= 4 is 11.8 Å². The van der Waals surface area contributed by atoms with Gasteiger partial charge < -0.3 is 9.84 Å². The zero-order chi connectivity index (χ0) is 30.8. The maximum atomic E-state index is 12.8. The van der Waals surface area contributed by atoms with Gasteiger partial charge in [0.05, 0.1) is 12.5 Å². The molecular formula is C35H42N4O4. The van der Waals surface area contributed by atoms with Crippen molar-refractivity contribution in [3.8, 4) is 28.3 Å². The average Bonchev–Trinajstić information content (AvgIpc) is 3.51. The van der Waals surface area contributed by atoms with Crippen LogP contribution in [0, 0.1) is 5.92 Å². The number of H-pyrrole nitrogens is 1. The first-order valence-electron chi connectivity index (χ1n) is 15.1. The van der Waals surface area contributed by atoms with Gasteiger partial charge in [-0.1, -0.05) is 89.8 Å². The van der Waals surface area contributed by atoms with E-state index in [0.29, 0.717) is 5.82 Å². The number of carbonyl (C=O) groups is 2. The number of carboxylic acid groups (broad SMARTS) is 1. The second kappa shape index (κ2) is 14.7. The summed E-state index contributed by atoms with van der Waals surface area (Å²) in [6.45, 7) is 9.00. The molecule has 0 aliphatic rings. The minimum atomic E-state index is -1.01. The molecule has 8 heteroatoms. The van der Waals surface area contributed by atoms with Gasteiger partial charge in [0.25, 0.3) is 0 Å². The van der Waals surface area contributed by atoms with Crippen LogP contribution in [-0.2, 0) is 16.6 Å². The van der Waals surface area contributed by atoms with Crippen LogP contribution >= 0.6 is 0 Å². The molecule has 43 heavy (non-hydrogen) atoms. The summed E-state index contributed by atoms with van der Waals surface area (Å²) in [4.78, 5) is 33.9. The quantitative estimate of drug-likeness (QED) is 0.109. The molecule has 0 saturated heterocycles. The average molecular weight is 583 g/mol. The highest BCUT2D eigenvalue weighted by molar-refractivity contribution is 5.96. The molecule has 0 saturated carbocycles. The largest absolute Gasteiger partial charge is 0.494 e. The maximum Gasteiger partial charge on any atom is 0.307 e. The number of unbranched alkanes of at least 4 members (excludes halogenated alkanes) is 4. The smallest absolute Gasteiger partial charge is 0.307 e. The predicted molar refractivity (Wildman–Crippen MR) is 168 cm³/mol. The van der Waals surface area contributed by atoms with Crippen molar-refractivity contribution < 1.29 is 19.4 Å². The molecule has 0 aliphatic heterocycles. The second-order valence-corrected chi connectivity index (χ2v) is 12.1. The molecule has 2 heterocycles. The Bertz CT molecular complexity index is 1470. The van der Waals surface area contributed by atoms with Crippen molar-refractivity contribution in [2.45, 2.75) is 78.1 Å². The highest BCUT2D eigenvalue weighted by Gasteiger charge is 2.25. The summed E-state index contributed by atoms with van der Waals surface area (Å²) in [5.74, 6) is -0.709. The fourth-order valence-corrected chi connectivity index (χ4v) is 4.76. The minimum absolute atomic E-state index is 0.123. The van der Waals surface area contributed by atoms with Gasteiger partial charge in [-0.15, -0.1) is 0 Å². The Morgan fingerprint density at radius 3 is 2.14 bits per heavy atom. The molecule has 2 N–H and O–H groups in total. The number of hydrogen-bond acceptors (Lipinski definition) is 6. The predicted octanol–water partition coefficient (Wildman–Crippen LogP) is 7.70. The Labute approximate surface area is 254 Å². The molecule has 0 spiro atoms. The molecule has 8 nitrogen and oxygen atoms in total. The Balaban J connectivity index is 1.32. The number of ether oxygens (including phenoxy) is 1. The number of aliphatic carboxylic acids is 1. The van der Waals surface area contributed by atoms with Gasteiger partial charge in [-0.2, -0.15) is 5.10 Å². The fraction of sp³-hybridized carbons (Fsp3) is 0.400. The van der Waals surface area contributed by atoms with Crippen LogP contribution in [0.4, 0.5) is 0 Å². The van der Waals surface area contributed by atoms with E-state index in [-0.39, 0.29) is 29.7 Å². The first-order chi connectivity index (χ1) is 20.6. The highest BCUT2D eigenvalue weighted by Crippen LogP contribution is 2.25. The van der Waals surface area contributed by atoms with E-state index < -0.39 is 11.9 Å². The number of benzene rings is 2. The van der Waals surface area contributed by atoms with Crippen molar-refractivity contribution in [2.75, 3.05) is 6.61 Å². The summed E-state index contributed by atoms with van der Waals surface area (Å²) < 4.78 is 5.87. The van der Waals surface area contributed by atoms with Crippen LogP contribution in [-0.4, -0.2) is 43.6 Å². The molecular weight excluding hydrogens is 540 g/mol. The summed E-state index contributed by atoms with van der Waals surface area (Å²) in [6.07, 6.45) is 9.76. The number of ketones is 1. The Morgan fingerprint density at radius 1 is 0.884 bits per heavy atom. The van der Waals surface area contributed by atoms with Crippen LogP contribution in [0.2, 0.25) is 0 Å². The topological polar surface area (TPSA) is 118 Å². The lowest BCUT2D eigenvalue weighted by Gasteiger charge is -2.14. The molecule has 4 aromatic rings. The lowest BCUT2D eigenvalue weighted by Crippen LogP contribution is -2.20. The maximum absolute atomic E-state index is 12.8. The lowest BCUT2D eigenvalue weighted by molar-refractivity contribution is -0.141. The summed E-state index contributed by atoms with van der Waals surface area (Å²) in [5, 5.41) is 16.8. The molecule has 4 rings (SSSR count). The molecule has 0 aliphatic carbocycles. The third-order valence-electron chi connectivity index (χ3n) is 7.50. The van der Waals surface area contributed by atoms with Crippen LogP contribution < -0.4 is 4.74 Å². The Hall–Kier alpha value is -4.33.